The third-order valence-electron chi connectivity index (χ3n) is 6.53. The molecule has 1 unspecified atom stereocenters. The number of nitrogens with two attached hydrogens (primary N) is 1. The molecule has 3 N–H and O–H groups in total. The van der Waals surface area contributed by atoms with Gasteiger partial charge in [0, 0.05) is 11.4 Å². The van der Waals surface area contributed by atoms with Crippen molar-refractivity contribution in [3.05, 3.63) is 52.8 Å². The van der Waals surface area contributed by atoms with E-state index >= 15 is 0 Å². The fourth-order valence-corrected chi connectivity index (χ4v) is 5.33. The number of hydrogen-bond donors (Lipinski definition) is 2. The van der Waals surface area contributed by atoms with Crippen LogP contribution in [0.3, 0.4) is 0 Å². The molecule has 1 saturated heterocycles. The minimum atomic E-state index is -0.650. The predicted molar refractivity (Wildman–Crippen MR) is 123 cm³/mol. The van der Waals surface area contributed by atoms with Gasteiger partial charge in [-0.2, -0.15) is 5.10 Å². The van der Waals surface area contributed by atoms with Crippen LogP contribution in [-0.4, -0.2) is 49.5 Å². The summed E-state index contributed by atoms with van der Waals surface area (Å²) < 4.78 is 1.50. The Hall–Kier alpha value is -3.46. The first-order valence-corrected chi connectivity index (χ1v) is 11.2. The Labute approximate surface area is 194 Å². The molecule has 1 aliphatic heterocycles. The highest BCUT2D eigenvalue weighted by Gasteiger charge is 2.51. The number of nitrogens with zero attached hydrogens (tertiary/aromatic N) is 4. The molecule has 3 amide bonds. The number of aromatic nitrogens is 3. The average molecular weight is 467 g/mol. The van der Waals surface area contributed by atoms with Crippen LogP contribution in [0.4, 0.5) is 5.82 Å². The Bertz CT molecular complexity index is 1290. The highest BCUT2D eigenvalue weighted by atomic mass is 35.5. The van der Waals surface area contributed by atoms with Crippen LogP contribution in [0.5, 0.6) is 0 Å². The first-order valence-electron chi connectivity index (χ1n) is 10.8. The summed E-state index contributed by atoms with van der Waals surface area (Å²) in [5.41, 5.74) is 7.25. The van der Waals surface area contributed by atoms with Crippen LogP contribution in [0.25, 0.3) is 10.9 Å². The van der Waals surface area contributed by atoms with Gasteiger partial charge in [0.15, 0.2) is 5.69 Å². The van der Waals surface area contributed by atoms with Crippen molar-refractivity contribution in [2.45, 2.75) is 44.8 Å². The largest absolute Gasteiger partial charge is 0.364 e. The lowest BCUT2D eigenvalue weighted by Gasteiger charge is -2.34. The van der Waals surface area contributed by atoms with Crippen molar-refractivity contribution in [1.82, 2.24) is 19.7 Å². The zero-order valence-corrected chi connectivity index (χ0v) is 18.7. The maximum atomic E-state index is 13.4. The van der Waals surface area contributed by atoms with E-state index in [2.05, 4.69) is 15.4 Å². The third-order valence-corrected chi connectivity index (χ3v) is 6.74. The molecule has 2 aliphatic rings. The van der Waals surface area contributed by atoms with Crippen molar-refractivity contribution < 1.29 is 14.4 Å². The van der Waals surface area contributed by atoms with Crippen LogP contribution >= 0.6 is 11.6 Å². The highest BCUT2D eigenvalue weighted by Crippen LogP contribution is 2.43. The Kier molecular flexibility index (Phi) is 5.28. The monoisotopic (exact) mass is 466 g/mol. The Morgan fingerprint density at radius 2 is 2.03 bits per heavy atom. The van der Waals surface area contributed by atoms with Crippen molar-refractivity contribution in [1.29, 1.82) is 0 Å². The number of aryl methyl sites for hydroxylation is 1. The molecule has 170 valence electrons. The molecule has 2 bridgehead atoms. The second kappa shape index (κ2) is 8.15. The molecule has 9 nitrogen and oxygen atoms in total. The lowest BCUT2D eigenvalue weighted by molar-refractivity contribution is -0.141. The molecule has 5 rings (SSSR count). The topological polar surface area (TPSA) is 123 Å². The van der Waals surface area contributed by atoms with Gasteiger partial charge >= 0.3 is 0 Å². The van der Waals surface area contributed by atoms with Gasteiger partial charge in [0.1, 0.15) is 23.6 Å². The van der Waals surface area contributed by atoms with Gasteiger partial charge in [-0.05, 0) is 56.4 Å². The van der Waals surface area contributed by atoms with Crippen LogP contribution < -0.4 is 11.1 Å². The first-order chi connectivity index (χ1) is 15.8. The lowest BCUT2D eigenvalue weighted by Crippen LogP contribution is -2.52. The molecular weight excluding hydrogens is 444 g/mol. The Morgan fingerprint density at radius 3 is 2.79 bits per heavy atom. The molecule has 3 atom stereocenters. The van der Waals surface area contributed by atoms with Gasteiger partial charge in [-0.25, -0.2) is 4.98 Å². The molecule has 1 aliphatic carbocycles. The van der Waals surface area contributed by atoms with E-state index in [-0.39, 0.29) is 41.2 Å². The zero-order chi connectivity index (χ0) is 23.3. The molecule has 2 fully saturated rings. The molecule has 0 radical (unpaired) electrons. The zero-order valence-electron chi connectivity index (χ0n) is 18.0. The van der Waals surface area contributed by atoms with E-state index in [9.17, 15) is 14.4 Å². The second-order valence-corrected chi connectivity index (χ2v) is 9.09. The number of carbonyl (C=O) groups excluding carboxylic acids is 3. The van der Waals surface area contributed by atoms with E-state index in [1.54, 1.807) is 23.1 Å². The average Bonchev–Trinajstić information content (AvgIpc) is 3.46. The Balaban J connectivity index is 1.42. The number of hydrogen-bond acceptors (Lipinski definition) is 5. The van der Waals surface area contributed by atoms with Crippen LogP contribution in [0.1, 0.15) is 35.3 Å². The maximum absolute atomic E-state index is 13.4. The number of primary amides is 1. The van der Waals surface area contributed by atoms with Crippen molar-refractivity contribution in [2.24, 2.45) is 11.7 Å². The Morgan fingerprint density at radius 1 is 1.21 bits per heavy atom. The van der Waals surface area contributed by atoms with Crippen LogP contribution in [0.15, 0.2) is 36.4 Å². The fourth-order valence-electron chi connectivity index (χ4n) is 5.17. The molecule has 33 heavy (non-hydrogen) atoms. The minimum absolute atomic E-state index is 0.00486. The van der Waals surface area contributed by atoms with Gasteiger partial charge < -0.3 is 16.0 Å². The van der Waals surface area contributed by atoms with Gasteiger partial charge in [-0.15, -0.1) is 0 Å². The quantitative estimate of drug-likeness (QED) is 0.559. The van der Waals surface area contributed by atoms with Crippen molar-refractivity contribution in [3.8, 4) is 0 Å². The molecule has 3 aromatic rings. The number of amides is 3. The van der Waals surface area contributed by atoms with Crippen LogP contribution in [-0.2, 0) is 16.1 Å². The van der Waals surface area contributed by atoms with Gasteiger partial charge in [-0.1, -0.05) is 29.3 Å². The maximum Gasteiger partial charge on any atom is 0.269 e. The number of rotatable bonds is 5. The number of fused-ring (bicyclic) bond motifs is 3. The first kappa shape index (κ1) is 21.4. The number of anilines is 1. The summed E-state index contributed by atoms with van der Waals surface area (Å²) in [6.07, 6.45) is 2.55. The number of halogens is 1. The normalized spacial score (nSPS) is 21.5. The molecule has 1 saturated carbocycles. The van der Waals surface area contributed by atoms with Crippen molar-refractivity contribution in [2.75, 3.05) is 5.32 Å². The summed E-state index contributed by atoms with van der Waals surface area (Å²) in [5, 5.41) is 8.01. The number of pyridine rings is 1. The molecule has 0 spiro atoms. The fraction of sp³-hybridized carbons (Fsp3) is 0.348. The van der Waals surface area contributed by atoms with E-state index in [4.69, 9.17) is 17.3 Å². The number of piperidine rings is 1. The van der Waals surface area contributed by atoms with E-state index in [1.807, 2.05) is 25.1 Å². The third kappa shape index (κ3) is 3.82. The molecule has 10 heteroatoms. The SMILES string of the molecule is Cc1ccc2c(c1)c(C(N)=O)nn2CC(=O)N1C(C(=O)Nc2cccc(Cl)n2)[C@H]2CC[C@@H]1C2. The highest BCUT2D eigenvalue weighted by molar-refractivity contribution is 6.29. The van der Waals surface area contributed by atoms with E-state index in [0.29, 0.717) is 16.7 Å². The molecule has 3 heterocycles. The van der Waals surface area contributed by atoms with Crippen molar-refractivity contribution >= 4 is 46.0 Å². The van der Waals surface area contributed by atoms with Gasteiger partial charge in [0.25, 0.3) is 5.91 Å². The minimum Gasteiger partial charge on any atom is -0.364 e. The van der Waals surface area contributed by atoms with Gasteiger partial charge in [-0.3, -0.25) is 19.1 Å². The summed E-state index contributed by atoms with van der Waals surface area (Å²) in [4.78, 5) is 44.3. The number of nitrogens with one attached hydrogen (secondary N) is 1. The van der Waals surface area contributed by atoms with E-state index in [1.165, 1.54) is 4.68 Å². The second-order valence-electron chi connectivity index (χ2n) is 8.70. The number of carbonyl (C=O) groups is 3. The lowest BCUT2D eigenvalue weighted by atomic mass is 9.97. The standard InChI is InChI=1S/C23H23ClN6O3/c1-12-5-8-16-15(9-12)20(22(25)32)28-29(16)11-19(31)30-14-7-6-13(10-14)21(30)23(33)27-18-4-2-3-17(24)26-18/h2-5,8-9,13-14,21H,6-7,10-11H2,1H3,(H2,25,32)(H,26,27,33)/t13-,14+,21?/m0/s1. The van der Waals surface area contributed by atoms with Gasteiger partial charge in [0.2, 0.25) is 11.8 Å². The summed E-state index contributed by atoms with van der Waals surface area (Å²) >= 11 is 5.93. The van der Waals surface area contributed by atoms with Crippen LogP contribution in [0, 0.1) is 12.8 Å². The number of likely N-dealkylation sites (tertiary alicyclic amines) is 1. The molecule has 1 aromatic carbocycles. The number of benzene rings is 1. The van der Waals surface area contributed by atoms with E-state index < -0.39 is 11.9 Å². The van der Waals surface area contributed by atoms with E-state index in [0.717, 1.165) is 24.8 Å². The van der Waals surface area contributed by atoms with Crippen LogP contribution in [0.2, 0.25) is 5.15 Å². The summed E-state index contributed by atoms with van der Waals surface area (Å²) in [5.74, 6) is -0.701. The summed E-state index contributed by atoms with van der Waals surface area (Å²) in [6, 6.07) is 9.95. The molecule has 2 aromatic heterocycles. The summed E-state index contributed by atoms with van der Waals surface area (Å²) in [6.45, 7) is 1.82. The smallest absolute Gasteiger partial charge is 0.269 e. The van der Waals surface area contributed by atoms with Crippen molar-refractivity contribution in [3.63, 3.8) is 0 Å². The predicted octanol–water partition coefficient (Wildman–Crippen LogP) is 2.51. The van der Waals surface area contributed by atoms with Gasteiger partial charge in [0.05, 0.1) is 5.52 Å². The molecular formula is C23H23ClN6O3. The summed E-state index contributed by atoms with van der Waals surface area (Å²) in [7, 11) is 0.